The largest absolute Gasteiger partial charge is 0.379 e. The molecule has 0 spiro atoms. The van der Waals surface area contributed by atoms with Gasteiger partial charge in [0.1, 0.15) is 6.04 Å². The lowest BCUT2D eigenvalue weighted by atomic mass is 10.1. The van der Waals surface area contributed by atoms with E-state index in [9.17, 15) is 4.79 Å². The second kappa shape index (κ2) is 15.3. The highest BCUT2D eigenvalue weighted by Gasteiger charge is 2.31. The molecule has 2 rings (SSSR count). The van der Waals surface area contributed by atoms with Gasteiger partial charge < -0.3 is 15.7 Å². The molecule has 1 atom stereocenters. The van der Waals surface area contributed by atoms with E-state index in [0.717, 1.165) is 62.4 Å². The molecule has 1 saturated heterocycles. The molecule has 3 N–H and O–H groups in total. The molecule has 1 heterocycles. The number of carbonyl (C=O) groups excluding carboxylic acids is 1. The first-order valence-corrected chi connectivity index (χ1v) is 9.66. The van der Waals surface area contributed by atoms with E-state index in [2.05, 4.69) is 54.9 Å². The molecule has 10 heteroatoms. The average molecular weight is 412 g/mol. The Hall–Kier alpha value is -2.59. The lowest BCUT2D eigenvalue weighted by molar-refractivity contribution is -0.123. The number of aryl methyl sites for hydroxylation is 2. The molecule has 0 aromatic heterocycles. The summed E-state index contributed by atoms with van der Waals surface area (Å²) in [4.78, 5) is 33.9. The van der Waals surface area contributed by atoms with Gasteiger partial charge in [0, 0.05) is 25.3 Å². The Morgan fingerprint density at radius 3 is 2.07 bits per heavy atom. The van der Waals surface area contributed by atoms with Crippen LogP contribution in [0.15, 0.2) is 28.9 Å². The standard InChI is InChI=1S/C19H31N3O.2HNO2/c1-5-10-21-12-13-22(11-6-2)17(14-21)19(23)20-18-15(3)8-7-9-16(18)4;2*2-1-3/h7-9,17H,5-6,10-14H2,1-4H3,(H,20,23);2*(H,2,3). The van der Waals surface area contributed by atoms with E-state index < -0.39 is 0 Å². The molecule has 1 aliphatic heterocycles. The molecule has 1 unspecified atom stereocenters. The zero-order valence-electron chi connectivity index (χ0n) is 17.7. The third-order valence-corrected chi connectivity index (χ3v) is 4.66. The lowest BCUT2D eigenvalue weighted by Gasteiger charge is -2.40. The maximum absolute atomic E-state index is 12.9. The minimum absolute atomic E-state index is 0.0470. The van der Waals surface area contributed by atoms with Crippen molar-refractivity contribution in [3.63, 3.8) is 0 Å². The molecule has 1 aliphatic rings. The van der Waals surface area contributed by atoms with Gasteiger partial charge in [-0.1, -0.05) is 32.0 Å². The number of amides is 1. The van der Waals surface area contributed by atoms with Crippen molar-refractivity contribution in [1.82, 2.24) is 9.80 Å². The first-order chi connectivity index (χ1) is 13.9. The molecule has 29 heavy (non-hydrogen) atoms. The third-order valence-electron chi connectivity index (χ3n) is 4.66. The lowest BCUT2D eigenvalue weighted by Crippen LogP contribution is -2.57. The predicted molar refractivity (Wildman–Crippen MR) is 112 cm³/mol. The highest BCUT2D eigenvalue weighted by atomic mass is 16.6. The molecule has 1 aromatic rings. The van der Waals surface area contributed by atoms with Crippen molar-refractivity contribution in [3.8, 4) is 0 Å². The fourth-order valence-electron chi connectivity index (χ4n) is 3.42. The zero-order valence-corrected chi connectivity index (χ0v) is 17.7. The molecule has 0 bridgehead atoms. The number of nitrogens with one attached hydrogen (secondary N) is 1. The Kier molecular flexibility index (Phi) is 14.0. The smallest absolute Gasteiger partial charge is 0.243 e. The van der Waals surface area contributed by atoms with Crippen LogP contribution in [-0.2, 0) is 4.79 Å². The van der Waals surface area contributed by atoms with Crippen molar-refractivity contribution >= 4 is 11.6 Å². The van der Waals surface area contributed by atoms with E-state index in [1.165, 1.54) is 10.7 Å². The molecule has 0 saturated carbocycles. The zero-order chi connectivity index (χ0) is 22.2. The molecular weight excluding hydrogens is 378 g/mol. The first kappa shape index (κ1) is 26.4. The summed E-state index contributed by atoms with van der Waals surface area (Å²) < 4.78 is 0. The Morgan fingerprint density at radius 1 is 1.07 bits per heavy atom. The quantitative estimate of drug-likeness (QED) is 0.482. The highest BCUT2D eigenvalue weighted by Crippen LogP contribution is 2.21. The van der Waals surface area contributed by atoms with Crippen LogP contribution in [0.25, 0.3) is 0 Å². The van der Waals surface area contributed by atoms with Gasteiger partial charge in [-0.05, 0) is 50.9 Å². The van der Waals surface area contributed by atoms with Crippen molar-refractivity contribution in [2.45, 2.75) is 46.6 Å². The van der Waals surface area contributed by atoms with Gasteiger partial charge in [0.25, 0.3) is 0 Å². The molecule has 0 aliphatic carbocycles. The van der Waals surface area contributed by atoms with Gasteiger partial charge in [-0.2, -0.15) is 0 Å². The van der Waals surface area contributed by atoms with Crippen LogP contribution in [0.1, 0.15) is 37.8 Å². The Labute approximate surface area is 171 Å². The van der Waals surface area contributed by atoms with Crippen LogP contribution in [0.4, 0.5) is 5.69 Å². The van der Waals surface area contributed by atoms with Crippen molar-refractivity contribution in [2.24, 2.45) is 10.7 Å². The maximum Gasteiger partial charge on any atom is 0.243 e. The number of piperazine rings is 1. The van der Waals surface area contributed by atoms with Gasteiger partial charge in [0.05, 0.1) is 0 Å². The van der Waals surface area contributed by atoms with Crippen molar-refractivity contribution in [2.75, 3.05) is 38.0 Å². The van der Waals surface area contributed by atoms with Gasteiger partial charge >= 0.3 is 0 Å². The molecule has 1 fully saturated rings. The number of carbonyl (C=O) groups is 1. The van der Waals surface area contributed by atoms with E-state index in [4.69, 9.17) is 20.2 Å². The van der Waals surface area contributed by atoms with Crippen LogP contribution in [-0.4, -0.2) is 64.9 Å². The van der Waals surface area contributed by atoms with Gasteiger partial charge in [-0.15, -0.1) is 9.81 Å². The fourth-order valence-corrected chi connectivity index (χ4v) is 3.42. The van der Waals surface area contributed by atoms with Crippen molar-refractivity contribution in [3.05, 3.63) is 39.1 Å². The monoisotopic (exact) mass is 411 g/mol. The molecule has 0 radical (unpaired) electrons. The van der Waals surface area contributed by atoms with Gasteiger partial charge in [0.15, 0.2) is 10.7 Å². The predicted octanol–water partition coefficient (Wildman–Crippen LogP) is 3.33. The normalized spacial score (nSPS) is 16.5. The topological polar surface area (TPSA) is 135 Å². The maximum atomic E-state index is 12.9. The molecule has 10 nitrogen and oxygen atoms in total. The van der Waals surface area contributed by atoms with Crippen LogP contribution in [0, 0.1) is 23.7 Å². The average Bonchev–Trinajstić information content (AvgIpc) is 2.67. The summed E-state index contributed by atoms with van der Waals surface area (Å²) in [6, 6.07) is 6.09. The van der Waals surface area contributed by atoms with Crippen LogP contribution in [0.3, 0.4) is 0 Å². The Bertz CT molecular complexity index is 603. The summed E-state index contributed by atoms with van der Waals surface area (Å²) in [5.41, 5.74) is 3.23. The number of rotatable bonds is 6. The van der Waals surface area contributed by atoms with Gasteiger partial charge in [-0.3, -0.25) is 14.6 Å². The summed E-state index contributed by atoms with van der Waals surface area (Å²) in [6.07, 6.45) is 2.22. The van der Waals surface area contributed by atoms with Gasteiger partial charge in [-0.25, -0.2) is 0 Å². The second-order valence-electron chi connectivity index (χ2n) is 6.77. The van der Waals surface area contributed by atoms with E-state index in [-0.39, 0.29) is 11.9 Å². The number of para-hydroxylation sites is 1. The Balaban J connectivity index is 0.00000116. The number of hydrogen-bond donors (Lipinski definition) is 3. The van der Waals surface area contributed by atoms with Gasteiger partial charge in [0.2, 0.25) is 5.91 Å². The molecular formula is C19H33N5O5. The third kappa shape index (κ3) is 9.44. The highest BCUT2D eigenvalue weighted by molar-refractivity contribution is 5.96. The van der Waals surface area contributed by atoms with Crippen molar-refractivity contribution in [1.29, 1.82) is 0 Å². The van der Waals surface area contributed by atoms with E-state index in [1.807, 2.05) is 6.07 Å². The SMILES string of the molecule is CCCN1CCN(CCC)C(C(=O)Nc2c(C)cccc2C)C1.O=NO.O=NO. The summed E-state index contributed by atoms with van der Waals surface area (Å²) in [5, 5.41) is 19.0. The first-order valence-electron chi connectivity index (χ1n) is 9.66. The Morgan fingerprint density at radius 2 is 1.59 bits per heavy atom. The van der Waals surface area contributed by atoms with E-state index in [0.29, 0.717) is 0 Å². The van der Waals surface area contributed by atoms with Crippen LogP contribution in [0.5, 0.6) is 0 Å². The minimum atomic E-state index is -0.0470. The molecule has 1 amide bonds. The number of benzene rings is 1. The summed E-state index contributed by atoms with van der Waals surface area (Å²) in [7, 11) is 0. The van der Waals surface area contributed by atoms with Crippen LogP contribution < -0.4 is 5.32 Å². The van der Waals surface area contributed by atoms with Crippen LogP contribution in [0.2, 0.25) is 0 Å². The fraction of sp³-hybridized carbons (Fsp3) is 0.632. The van der Waals surface area contributed by atoms with Crippen molar-refractivity contribution < 1.29 is 15.2 Å². The molecule has 1 aromatic carbocycles. The number of anilines is 1. The number of nitrogens with zero attached hydrogens (tertiary/aromatic N) is 4. The van der Waals surface area contributed by atoms with Crippen LogP contribution >= 0.6 is 0 Å². The summed E-state index contributed by atoms with van der Waals surface area (Å²) in [5.74, 6) is 0.136. The van der Waals surface area contributed by atoms with E-state index in [1.54, 1.807) is 0 Å². The number of hydrogen-bond acceptors (Lipinski definition) is 7. The minimum Gasteiger partial charge on any atom is -0.379 e. The summed E-state index contributed by atoms with van der Waals surface area (Å²) in [6.45, 7) is 13.4. The van der Waals surface area contributed by atoms with E-state index >= 15 is 0 Å². The molecule has 164 valence electrons. The summed E-state index contributed by atoms with van der Waals surface area (Å²) >= 11 is 0. The second-order valence-corrected chi connectivity index (χ2v) is 6.77.